The van der Waals surface area contributed by atoms with Crippen molar-refractivity contribution >= 4 is 29.1 Å². The summed E-state index contributed by atoms with van der Waals surface area (Å²) in [5.41, 5.74) is 0.0442. The van der Waals surface area contributed by atoms with Gasteiger partial charge in [0, 0.05) is 12.6 Å². The molecule has 144 valence electrons. The monoisotopic (exact) mass is 400 g/mol. The molecule has 28 heavy (non-hydrogen) atoms. The van der Waals surface area contributed by atoms with Crippen LogP contribution >= 0.6 is 11.3 Å². The molecule has 10 nitrogen and oxygen atoms in total. The van der Waals surface area contributed by atoms with Crippen molar-refractivity contribution < 1.29 is 18.7 Å². The van der Waals surface area contributed by atoms with E-state index in [0.717, 1.165) is 17.8 Å². The fraction of sp³-hybridized carbons (Fsp3) is 0.353. The number of carbonyl (C=O) groups excluding carboxylic acids is 1. The minimum absolute atomic E-state index is 0.0182. The molecule has 3 aromatic rings. The molecule has 0 unspecified atom stereocenters. The van der Waals surface area contributed by atoms with Crippen LogP contribution in [0.3, 0.4) is 0 Å². The fourth-order valence-electron chi connectivity index (χ4n) is 3.43. The predicted octanol–water partition coefficient (Wildman–Crippen LogP) is 1.83. The van der Waals surface area contributed by atoms with Crippen LogP contribution in [0.4, 0.5) is 11.8 Å². The lowest BCUT2D eigenvalue weighted by atomic mass is 10.2. The normalized spacial score (nSPS) is 20.5. The molecule has 2 aliphatic heterocycles. The standard InChI is InChI=1S/C17H16N6O4S/c1-25-11-6-13(23-7-10-5-9(23)8-26-10)19-20-14(11)15(24)18-17-22-21-16(27-17)12-3-2-4-28-12/h2-4,6,9-10H,5,7-8H2,1H3,(H,18,22,24)/t9-,10-/m1/s1. The number of aromatic nitrogens is 4. The Morgan fingerprint density at radius 2 is 2.29 bits per heavy atom. The van der Waals surface area contributed by atoms with Crippen molar-refractivity contribution in [3.05, 3.63) is 29.3 Å². The van der Waals surface area contributed by atoms with Gasteiger partial charge in [0.15, 0.2) is 17.3 Å². The number of hydrogen-bond acceptors (Lipinski definition) is 10. The Balaban J connectivity index is 1.34. The van der Waals surface area contributed by atoms with Gasteiger partial charge in [0.1, 0.15) is 0 Å². The molecule has 11 heteroatoms. The molecule has 5 heterocycles. The first-order valence-corrected chi connectivity index (χ1v) is 9.58. The summed E-state index contributed by atoms with van der Waals surface area (Å²) in [6.45, 7) is 1.45. The first kappa shape index (κ1) is 17.1. The number of carbonyl (C=O) groups is 1. The number of morpholine rings is 1. The van der Waals surface area contributed by atoms with Crippen LogP contribution in [0.5, 0.6) is 5.75 Å². The third-order valence-corrected chi connectivity index (χ3v) is 5.61. The molecule has 2 atom stereocenters. The van der Waals surface area contributed by atoms with Crippen molar-refractivity contribution in [2.75, 3.05) is 30.5 Å². The van der Waals surface area contributed by atoms with E-state index in [1.165, 1.54) is 18.4 Å². The number of rotatable bonds is 5. The maximum Gasteiger partial charge on any atom is 0.322 e. The highest BCUT2D eigenvalue weighted by Crippen LogP contribution is 2.33. The van der Waals surface area contributed by atoms with Crippen LogP contribution in [0.1, 0.15) is 16.9 Å². The number of hydrogen-bond donors (Lipinski definition) is 1. The number of fused-ring (bicyclic) bond motifs is 2. The average Bonchev–Trinajstić information content (AvgIpc) is 3.51. The van der Waals surface area contributed by atoms with Crippen LogP contribution in [0, 0.1) is 0 Å². The molecule has 2 saturated heterocycles. The zero-order valence-corrected chi connectivity index (χ0v) is 15.7. The molecule has 2 fully saturated rings. The van der Waals surface area contributed by atoms with Crippen molar-refractivity contribution in [3.63, 3.8) is 0 Å². The van der Waals surface area contributed by atoms with Crippen molar-refractivity contribution in [3.8, 4) is 16.5 Å². The minimum atomic E-state index is -0.538. The predicted molar refractivity (Wildman–Crippen MR) is 99.6 cm³/mol. The minimum Gasteiger partial charge on any atom is -0.494 e. The lowest BCUT2D eigenvalue weighted by molar-refractivity contribution is 0.0985. The van der Waals surface area contributed by atoms with Gasteiger partial charge in [-0.2, -0.15) is 0 Å². The second-order valence-corrected chi connectivity index (χ2v) is 7.41. The van der Waals surface area contributed by atoms with Crippen LogP contribution < -0.4 is 15.0 Å². The molecule has 1 amide bonds. The van der Waals surface area contributed by atoms with Gasteiger partial charge in [0.05, 0.1) is 30.7 Å². The summed E-state index contributed by atoms with van der Waals surface area (Å²) in [4.78, 5) is 15.6. The third kappa shape index (κ3) is 2.98. The summed E-state index contributed by atoms with van der Waals surface area (Å²) < 4.78 is 16.4. The van der Waals surface area contributed by atoms with Crippen LogP contribution in [0.15, 0.2) is 28.0 Å². The summed E-state index contributed by atoms with van der Waals surface area (Å²) in [7, 11) is 1.48. The summed E-state index contributed by atoms with van der Waals surface area (Å²) in [5, 5.41) is 20.5. The molecule has 5 rings (SSSR count). The number of thiophene rings is 1. The molecule has 2 bridgehead atoms. The van der Waals surface area contributed by atoms with Crippen molar-refractivity contribution in [2.45, 2.75) is 18.6 Å². The summed E-state index contributed by atoms with van der Waals surface area (Å²) in [6, 6.07) is 5.72. The van der Waals surface area contributed by atoms with Crippen LogP contribution in [-0.4, -0.2) is 58.7 Å². The van der Waals surface area contributed by atoms with E-state index >= 15 is 0 Å². The maximum absolute atomic E-state index is 12.6. The van der Waals surface area contributed by atoms with Crippen molar-refractivity contribution in [1.82, 2.24) is 20.4 Å². The Labute approximate surface area is 163 Å². The van der Waals surface area contributed by atoms with E-state index in [1.807, 2.05) is 17.5 Å². The van der Waals surface area contributed by atoms with Gasteiger partial charge >= 0.3 is 6.01 Å². The molecular weight excluding hydrogens is 384 g/mol. The number of ether oxygens (including phenoxy) is 2. The smallest absolute Gasteiger partial charge is 0.322 e. The number of nitrogens with one attached hydrogen (secondary N) is 1. The molecule has 2 aliphatic rings. The van der Waals surface area contributed by atoms with Gasteiger partial charge < -0.3 is 18.8 Å². The third-order valence-electron chi connectivity index (χ3n) is 4.75. The molecule has 0 spiro atoms. The molecule has 0 aromatic carbocycles. The Kier molecular flexibility index (Phi) is 4.17. The van der Waals surface area contributed by atoms with Gasteiger partial charge in [-0.1, -0.05) is 11.2 Å². The molecule has 0 radical (unpaired) electrons. The van der Waals surface area contributed by atoms with Gasteiger partial charge in [-0.25, -0.2) is 0 Å². The van der Waals surface area contributed by atoms with Gasteiger partial charge in [0.25, 0.3) is 11.8 Å². The zero-order valence-electron chi connectivity index (χ0n) is 14.9. The molecule has 1 N–H and O–H groups in total. The maximum atomic E-state index is 12.6. The van der Waals surface area contributed by atoms with Crippen molar-refractivity contribution in [2.24, 2.45) is 0 Å². The van der Waals surface area contributed by atoms with Crippen LogP contribution in [0.2, 0.25) is 0 Å². The number of amides is 1. The second kappa shape index (κ2) is 6.84. The quantitative estimate of drug-likeness (QED) is 0.684. The highest BCUT2D eigenvalue weighted by molar-refractivity contribution is 7.13. The largest absolute Gasteiger partial charge is 0.494 e. The number of methoxy groups -OCH3 is 1. The molecular formula is C17H16N6O4S. The lowest BCUT2D eigenvalue weighted by Crippen LogP contribution is -2.37. The van der Waals surface area contributed by atoms with Gasteiger partial charge in [0.2, 0.25) is 0 Å². The SMILES string of the molecule is COc1cc(N2C[C@H]3C[C@@H]2CO3)nnc1C(=O)Nc1nnc(-c2cccs2)o1. The second-order valence-electron chi connectivity index (χ2n) is 6.46. The van der Waals surface area contributed by atoms with E-state index < -0.39 is 5.91 Å². The van der Waals surface area contributed by atoms with Crippen LogP contribution in [-0.2, 0) is 4.74 Å². The summed E-state index contributed by atoms with van der Waals surface area (Å²) in [6.07, 6.45) is 1.21. The lowest BCUT2D eigenvalue weighted by Gasteiger charge is -2.27. The Bertz CT molecular complexity index is 1010. The summed E-state index contributed by atoms with van der Waals surface area (Å²) in [5.74, 6) is 0.791. The number of nitrogens with zero attached hydrogens (tertiary/aromatic N) is 5. The first-order chi connectivity index (χ1) is 13.7. The van der Waals surface area contributed by atoms with E-state index in [1.54, 1.807) is 6.07 Å². The molecule has 3 aromatic heterocycles. The average molecular weight is 400 g/mol. The number of anilines is 2. The first-order valence-electron chi connectivity index (χ1n) is 8.70. The van der Waals surface area contributed by atoms with Gasteiger partial charge in [-0.05, 0) is 17.9 Å². The Hall–Kier alpha value is -3.05. The van der Waals surface area contributed by atoms with Crippen LogP contribution in [0.25, 0.3) is 10.8 Å². The van der Waals surface area contributed by atoms with E-state index in [0.29, 0.717) is 24.1 Å². The fourth-order valence-corrected chi connectivity index (χ4v) is 4.07. The van der Waals surface area contributed by atoms with E-state index in [-0.39, 0.29) is 23.9 Å². The van der Waals surface area contributed by atoms with E-state index in [9.17, 15) is 4.79 Å². The van der Waals surface area contributed by atoms with E-state index in [4.69, 9.17) is 13.9 Å². The molecule has 0 saturated carbocycles. The summed E-state index contributed by atoms with van der Waals surface area (Å²) >= 11 is 1.46. The van der Waals surface area contributed by atoms with E-state index in [2.05, 4.69) is 30.6 Å². The highest BCUT2D eigenvalue weighted by Gasteiger charge is 2.40. The topological polar surface area (TPSA) is 116 Å². The highest BCUT2D eigenvalue weighted by atomic mass is 32.1. The molecule has 0 aliphatic carbocycles. The Morgan fingerprint density at radius 1 is 1.36 bits per heavy atom. The van der Waals surface area contributed by atoms with Gasteiger partial charge in [-0.3, -0.25) is 10.1 Å². The van der Waals surface area contributed by atoms with Gasteiger partial charge in [-0.15, -0.1) is 26.6 Å². The van der Waals surface area contributed by atoms with Crippen molar-refractivity contribution in [1.29, 1.82) is 0 Å². The zero-order chi connectivity index (χ0) is 19.1. The Morgan fingerprint density at radius 3 is 3.00 bits per heavy atom.